The second-order valence-corrected chi connectivity index (χ2v) is 5.82. The van der Waals surface area contributed by atoms with Gasteiger partial charge in [0.15, 0.2) is 5.13 Å². The lowest BCUT2D eigenvalue weighted by molar-refractivity contribution is -0.137. The highest BCUT2D eigenvalue weighted by atomic mass is 35.5. The fourth-order valence-electron chi connectivity index (χ4n) is 1.84. The fraction of sp³-hybridized carbons (Fsp3) is 0.214. The van der Waals surface area contributed by atoms with E-state index in [0.717, 1.165) is 28.4 Å². The minimum atomic E-state index is -4.67. The molecule has 0 spiro atoms. The molecule has 2 aromatic rings. The zero-order valence-corrected chi connectivity index (χ0v) is 13.9. The summed E-state index contributed by atoms with van der Waals surface area (Å²) in [6, 6.07) is 3.08. The Labute approximate surface area is 143 Å². The Kier molecular flexibility index (Phi) is 5.14. The Morgan fingerprint density at radius 1 is 1.29 bits per heavy atom. The van der Waals surface area contributed by atoms with Crippen LogP contribution in [0, 0.1) is 0 Å². The lowest BCUT2D eigenvalue weighted by atomic mass is 10.2. The fourth-order valence-corrected chi connectivity index (χ4v) is 2.86. The number of ether oxygens (including phenoxy) is 1. The molecule has 2 rings (SSSR count). The first kappa shape index (κ1) is 18.2. The van der Waals surface area contributed by atoms with Crippen molar-refractivity contribution in [2.24, 2.45) is 0 Å². The highest BCUT2D eigenvalue weighted by Gasteiger charge is 2.34. The maximum absolute atomic E-state index is 13.0. The molecule has 1 aromatic carbocycles. The topological polar surface area (TPSA) is 59.5 Å². The number of carbonyl (C=O) groups is 2. The van der Waals surface area contributed by atoms with Crippen molar-refractivity contribution in [1.82, 2.24) is 4.98 Å². The van der Waals surface area contributed by atoms with E-state index in [1.165, 1.54) is 25.3 Å². The molecule has 0 aliphatic heterocycles. The van der Waals surface area contributed by atoms with Crippen LogP contribution in [0.5, 0.6) is 5.88 Å². The van der Waals surface area contributed by atoms with Gasteiger partial charge in [0.2, 0.25) is 11.8 Å². The number of aromatic nitrogens is 1. The first-order valence-electron chi connectivity index (χ1n) is 6.41. The third-order valence-electron chi connectivity index (χ3n) is 2.74. The second kappa shape index (κ2) is 6.78. The zero-order chi connectivity index (χ0) is 18.1. The Morgan fingerprint density at radius 3 is 2.50 bits per heavy atom. The van der Waals surface area contributed by atoms with Crippen molar-refractivity contribution in [2.75, 3.05) is 4.90 Å². The number of nitrogens with zero attached hydrogens (tertiary/aromatic N) is 2. The van der Waals surface area contributed by atoms with Gasteiger partial charge < -0.3 is 4.74 Å². The van der Waals surface area contributed by atoms with Crippen molar-refractivity contribution in [3.05, 3.63) is 34.2 Å². The number of anilines is 2. The number of hydrogen-bond acceptors (Lipinski definition) is 5. The van der Waals surface area contributed by atoms with Crippen LogP contribution in [0.2, 0.25) is 5.02 Å². The summed E-state index contributed by atoms with van der Waals surface area (Å²) in [5.41, 5.74) is -1.12. The van der Waals surface area contributed by atoms with Gasteiger partial charge in [-0.05, 0) is 18.2 Å². The number of thiazole rings is 1. The molecule has 1 heterocycles. The van der Waals surface area contributed by atoms with Crippen LogP contribution in [0.25, 0.3) is 0 Å². The molecule has 0 N–H and O–H groups in total. The summed E-state index contributed by atoms with van der Waals surface area (Å²) in [6.45, 7) is 2.35. The highest BCUT2D eigenvalue weighted by molar-refractivity contribution is 7.14. The molecule has 0 saturated carbocycles. The third-order valence-corrected chi connectivity index (χ3v) is 3.87. The largest absolute Gasteiger partial charge is 0.417 e. The van der Waals surface area contributed by atoms with E-state index >= 15 is 0 Å². The summed E-state index contributed by atoms with van der Waals surface area (Å²) in [5, 5.41) is 0.955. The number of halogens is 4. The van der Waals surface area contributed by atoms with Gasteiger partial charge in [0.25, 0.3) is 0 Å². The lowest BCUT2D eigenvalue weighted by Gasteiger charge is -2.20. The molecule has 0 aliphatic rings. The van der Waals surface area contributed by atoms with Gasteiger partial charge in [0.05, 0.1) is 21.7 Å². The molecule has 0 atom stereocenters. The first-order chi connectivity index (χ1) is 11.1. The maximum Gasteiger partial charge on any atom is 0.417 e. The number of amides is 1. The van der Waals surface area contributed by atoms with E-state index in [-0.39, 0.29) is 16.7 Å². The molecule has 1 aromatic heterocycles. The minimum Gasteiger partial charge on any atom is -0.407 e. The summed E-state index contributed by atoms with van der Waals surface area (Å²) in [7, 11) is 0. The number of hydrogen-bond donors (Lipinski definition) is 0. The van der Waals surface area contributed by atoms with E-state index in [1.807, 2.05) is 0 Å². The number of esters is 1. The van der Waals surface area contributed by atoms with Crippen molar-refractivity contribution >= 4 is 45.6 Å². The van der Waals surface area contributed by atoms with Crippen LogP contribution in [-0.4, -0.2) is 16.9 Å². The van der Waals surface area contributed by atoms with E-state index in [4.69, 9.17) is 16.3 Å². The highest BCUT2D eigenvalue weighted by Crippen LogP contribution is 2.39. The van der Waals surface area contributed by atoms with Crippen LogP contribution in [0.1, 0.15) is 19.4 Å². The number of benzene rings is 1. The predicted octanol–water partition coefficient (Wildman–Crippen LogP) is 4.43. The molecule has 0 fully saturated rings. The van der Waals surface area contributed by atoms with Gasteiger partial charge >= 0.3 is 12.1 Å². The van der Waals surface area contributed by atoms with Crippen LogP contribution in [0.15, 0.2) is 23.6 Å². The molecule has 24 heavy (non-hydrogen) atoms. The molecule has 0 saturated heterocycles. The standard InChI is InChI=1S/C14H10ClF3N2O3S/c1-7(21)20(13-19-12(6-24-13)23-8(2)22)9-3-4-11(15)10(5-9)14(16,17)18/h3-6H,1-2H3. The second-order valence-electron chi connectivity index (χ2n) is 4.58. The Hall–Kier alpha value is -2.13. The lowest BCUT2D eigenvalue weighted by Crippen LogP contribution is -2.23. The number of alkyl halides is 3. The molecule has 0 radical (unpaired) electrons. The quantitative estimate of drug-likeness (QED) is 0.741. The van der Waals surface area contributed by atoms with Crippen LogP contribution >= 0.6 is 22.9 Å². The van der Waals surface area contributed by atoms with Crippen LogP contribution in [-0.2, 0) is 15.8 Å². The SMILES string of the molecule is CC(=O)Oc1csc(N(C(C)=O)c2ccc(Cl)c(C(F)(F)F)c2)n1. The van der Waals surface area contributed by atoms with Crippen molar-refractivity contribution in [3.63, 3.8) is 0 Å². The zero-order valence-electron chi connectivity index (χ0n) is 12.3. The van der Waals surface area contributed by atoms with E-state index in [9.17, 15) is 22.8 Å². The van der Waals surface area contributed by atoms with E-state index in [2.05, 4.69) is 4.98 Å². The molecule has 5 nitrogen and oxygen atoms in total. The molecule has 10 heteroatoms. The van der Waals surface area contributed by atoms with Gasteiger partial charge in [-0.15, -0.1) is 11.3 Å². The summed E-state index contributed by atoms with van der Waals surface area (Å²) in [6.07, 6.45) is -4.67. The number of rotatable bonds is 3. The van der Waals surface area contributed by atoms with Crippen molar-refractivity contribution in [1.29, 1.82) is 0 Å². The smallest absolute Gasteiger partial charge is 0.407 e. The van der Waals surface area contributed by atoms with Crippen molar-refractivity contribution in [2.45, 2.75) is 20.0 Å². The maximum atomic E-state index is 13.0. The molecule has 0 aliphatic carbocycles. The van der Waals surface area contributed by atoms with Crippen molar-refractivity contribution < 1.29 is 27.5 Å². The normalized spacial score (nSPS) is 11.2. The van der Waals surface area contributed by atoms with Gasteiger partial charge in [-0.25, -0.2) is 0 Å². The Balaban J connectivity index is 2.47. The molecule has 0 bridgehead atoms. The van der Waals surface area contributed by atoms with Gasteiger partial charge in [-0.1, -0.05) is 11.6 Å². The van der Waals surface area contributed by atoms with E-state index in [0.29, 0.717) is 0 Å². The molecule has 0 unspecified atom stereocenters. The Bertz CT molecular complexity index is 792. The van der Waals surface area contributed by atoms with Gasteiger partial charge in [-0.3, -0.25) is 14.5 Å². The van der Waals surface area contributed by atoms with Gasteiger partial charge in [0, 0.05) is 13.8 Å². The molecule has 128 valence electrons. The summed E-state index contributed by atoms with van der Waals surface area (Å²) in [4.78, 5) is 27.7. The average molecular weight is 379 g/mol. The van der Waals surface area contributed by atoms with Crippen LogP contribution in [0.4, 0.5) is 24.0 Å². The first-order valence-corrected chi connectivity index (χ1v) is 7.66. The van der Waals surface area contributed by atoms with Gasteiger partial charge in [0.1, 0.15) is 0 Å². The molecular weight excluding hydrogens is 369 g/mol. The molecule has 1 amide bonds. The van der Waals surface area contributed by atoms with Crippen LogP contribution < -0.4 is 9.64 Å². The minimum absolute atomic E-state index is 0.0428. The number of carbonyl (C=O) groups excluding carboxylic acids is 2. The van der Waals surface area contributed by atoms with E-state index < -0.39 is 28.6 Å². The average Bonchev–Trinajstić information content (AvgIpc) is 2.86. The Morgan fingerprint density at radius 2 is 1.96 bits per heavy atom. The van der Waals surface area contributed by atoms with Crippen molar-refractivity contribution in [3.8, 4) is 5.88 Å². The third kappa shape index (κ3) is 4.04. The summed E-state index contributed by atoms with van der Waals surface area (Å²) in [5.74, 6) is -1.21. The predicted molar refractivity (Wildman–Crippen MR) is 82.7 cm³/mol. The van der Waals surface area contributed by atoms with Crippen LogP contribution in [0.3, 0.4) is 0 Å². The monoisotopic (exact) mass is 378 g/mol. The molecular formula is C14H10ClF3N2O3S. The van der Waals surface area contributed by atoms with E-state index in [1.54, 1.807) is 0 Å². The van der Waals surface area contributed by atoms with Gasteiger partial charge in [-0.2, -0.15) is 18.2 Å². The summed E-state index contributed by atoms with van der Waals surface area (Å²) >= 11 is 6.52. The summed E-state index contributed by atoms with van der Waals surface area (Å²) < 4.78 is 43.7.